The van der Waals surface area contributed by atoms with E-state index in [-0.39, 0.29) is 17.9 Å². The van der Waals surface area contributed by atoms with Gasteiger partial charge >= 0.3 is 0 Å². The number of aryl methyl sites for hydroxylation is 2. The summed E-state index contributed by atoms with van der Waals surface area (Å²) in [5.74, 6) is 0.959. The molecule has 0 spiro atoms. The first-order valence-electron chi connectivity index (χ1n) is 7.61. The molecule has 2 unspecified atom stereocenters. The minimum atomic E-state index is -0.637. The van der Waals surface area contributed by atoms with Crippen LogP contribution in [0.2, 0.25) is 0 Å². The van der Waals surface area contributed by atoms with Crippen molar-refractivity contribution in [1.29, 1.82) is 0 Å². The van der Waals surface area contributed by atoms with Crippen molar-refractivity contribution in [3.05, 3.63) is 59.0 Å². The molecular weight excluding hydrogens is 292 g/mol. The maximum Gasteiger partial charge on any atom is 0.251 e. The molecule has 0 bridgehead atoms. The molecule has 0 aliphatic rings. The maximum atomic E-state index is 12.2. The molecule has 5 nitrogen and oxygen atoms in total. The van der Waals surface area contributed by atoms with Crippen LogP contribution in [-0.4, -0.2) is 17.9 Å². The van der Waals surface area contributed by atoms with E-state index in [2.05, 4.69) is 10.6 Å². The summed E-state index contributed by atoms with van der Waals surface area (Å²) in [4.78, 5) is 24.4. The van der Waals surface area contributed by atoms with E-state index in [9.17, 15) is 9.59 Å². The monoisotopic (exact) mass is 314 g/mol. The summed E-state index contributed by atoms with van der Waals surface area (Å²) in [5, 5.41) is 5.53. The molecule has 1 aromatic carbocycles. The SMILES string of the molecule is Cc1cccc(C(=O)NC(C)C(=O)NC(C)c2ccc(C)o2)c1. The van der Waals surface area contributed by atoms with Gasteiger partial charge in [0.2, 0.25) is 5.91 Å². The lowest BCUT2D eigenvalue weighted by Gasteiger charge is -2.17. The Morgan fingerprint density at radius 1 is 1.04 bits per heavy atom. The number of hydrogen-bond donors (Lipinski definition) is 2. The lowest BCUT2D eigenvalue weighted by atomic mass is 10.1. The third-order valence-corrected chi connectivity index (χ3v) is 3.57. The van der Waals surface area contributed by atoms with Gasteiger partial charge in [0.15, 0.2) is 0 Å². The molecule has 1 aromatic heterocycles. The zero-order chi connectivity index (χ0) is 17.0. The van der Waals surface area contributed by atoms with E-state index in [0.29, 0.717) is 11.3 Å². The Kier molecular flexibility index (Phi) is 5.21. The van der Waals surface area contributed by atoms with Gasteiger partial charge in [-0.15, -0.1) is 0 Å². The summed E-state index contributed by atoms with van der Waals surface area (Å²) in [5.41, 5.74) is 1.54. The Morgan fingerprint density at radius 2 is 1.78 bits per heavy atom. The van der Waals surface area contributed by atoms with Crippen LogP contribution in [0.5, 0.6) is 0 Å². The van der Waals surface area contributed by atoms with E-state index < -0.39 is 6.04 Å². The van der Waals surface area contributed by atoms with Crippen LogP contribution < -0.4 is 10.6 Å². The molecular formula is C18H22N2O3. The number of carbonyl (C=O) groups excluding carboxylic acids is 2. The topological polar surface area (TPSA) is 71.3 Å². The van der Waals surface area contributed by atoms with Crippen LogP contribution in [0.15, 0.2) is 40.8 Å². The number of furan rings is 1. The standard InChI is InChI=1S/C18H22N2O3/c1-11-6-5-7-15(10-11)18(22)20-14(4)17(21)19-13(3)16-9-8-12(2)23-16/h5-10,13-14H,1-4H3,(H,19,21)(H,20,22). The molecule has 0 aliphatic heterocycles. The summed E-state index contributed by atoms with van der Waals surface area (Å²) in [7, 11) is 0. The quantitative estimate of drug-likeness (QED) is 0.891. The van der Waals surface area contributed by atoms with Crippen LogP contribution in [0.1, 0.15) is 47.3 Å². The van der Waals surface area contributed by atoms with Gasteiger partial charge in [-0.2, -0.15) is 0 Å². The molecule has 122 valence electrons. The van der Waals surface area contributed by atoms with Gasteiger partial charge in [0, 0.05) is 5.56 Å². The van der Waals surface area contributed by atoms with Gasteiger partial charge in [-0.1, -0.05) is 17.7 Å². The van der Waals surface area contributed by atoms with Gasteiger partial charge in [-0.25, -0.2) is 0 Å². The molecule has 2 atom stereocenters. The Balaban J connectivity index is 1.93. The molecule has 0 radical (unpaired) electrons. The lowest BCUT2D eigenvalue weighted by Crippen LogP contribution is -2.45. The van der Waals surface area contributed by atoms with Crippen LogP contribution in [-0.2, 0) is 4.79 Å². The fourth-order valence-electron chi connectivity index (χ4n) is 2.23. The van der Waals surface area contributed by atoms with Crippen LogP contribution >= 0.6 is 0 Å². The normalized spacial score (nSPS) is 13.2. The van der Waals surface area contributed by atoms with Gasteiger partial charge in [0.25, 0.3) is 5.91 Å². The molecule has 0 saturated carbocycles. The summed E-state index contributed by atoms with van der Waals surface area (Å²) in [6.45, 7) is 7.26. The molecule has 23 heavy (non-hydrogen) atoms. The lowest BCUT2D eigenvalue weighted by molar-refractivity contribution is -0.123. The summed E-state index contributed by atoms with van der Waals surface area (Å²) in [6.07, 6.45) is 0. The average molecular weight is 314 g/mol. The van der Waals surface area contributed by atoms with Crippen molar-refractivity contribution >= 4 is 11.8 Å². The highest BCUT2D eigenvalue weighted by Gasteiger charge is 2.20. The highest BCUT2D eigenvalue weighted by molar-refractivity contribution is 5.97. The fraction of sp³-hybridized carbons (Fsp3) is 0.333. The molecule has 2 aromatic rings. The molecule has 0 fully saturated rings. The van der Waals surface area contributed by atoms with Gasteiger partial charge in [0.1, 0.15) is 17.6 Å². The van der Waals surface area contributed by atoms with E-state index in [4.69, 9.17) is 4.42 Å². The minimum absolute atomic E-state index is 0.255. The first-order chi connectivity index (χ1) is 10.9. The number of carbonyl (C=O) groups is 2. The first-order valence-corrected chi connectivity index (χ1v) is 7.61. The van der Waals surface area contributed by atoms with Crippen molar-refractivity contribution in [2.75, 3.05) is 0 Å². The van der Waals surface area contributed by atoms with Crippen LogP contribution in [0, 0.1) is 13.8 Å². The molecule has 2 N–H and O–H groups in total. The number of hydrogen-bond acceptors (Lipinski definition) is 3. The highest BCUT2D eigenvalue weighted by Crippen LogP contribution is 2.15. The summed E-state index contributed by atoms with van der Waals surface area (Å²) >= 11 is 0. The van der Waals surface area contributed by atoms with E-state index in [0.717, 1.165) is 11.3 Å². The summed E-state index contributed by atoms with van der Waals surface area (Å²) < 4.78 is 5.49. The third-order valence-electron chi connectivity index (χ3n) is 3.57. The number of nitrogens with one attached hydrogen (secondary N) is 2. The molecule has 5 heteroatoms. The zero-order valence-electron chi connectivity index (χ0n) is 13.8. The van der Waals surface area contributed by atoms with E-state index in [1.165, 1.54) is 0 Å². The third kappa shape index (κ3) is 4.45. The number of benzene rings is 1. The van der Waals surface area contributed by atoms with Crippen molar-refractivity contribution in [2.45, 2.75) is 39.8 Å². The Morgan fingerprint density at radius 3 is 2.39 bits per heavy atom. The van der Waals surface area contributed by atoms with Gasteiger partial charge in [0.05, 0.1) is 6.04 Å². The van der Waals surface area contributed by atoms with Crippen molar-refractivity contribution in [3.8, 4) is 0 Å². The number of amides is 2. The van der Waals surface area contributed by atoms with E-state index in [1.54, 1.807) is 19.1 Å². The fourth-order valence-corrected chi connectivity index (χ4v) is 2.23. The Bertz CT molecular complexity index is 706. The average Bonchev–Trinajstić information content (AvgIpc) is 2.93. The van der Waals surface area contributed by atoms with Crippen molar-refractivity contribution in [1.82, 2.24) is 10.6 Å². The van der Waals surface area contributed by atoms with Crippen LogP contribution in [0.3, 0.4) is 0 Å². The van der Waals surface area contributed by atoms with Crippen molar-refractivity contribution < 1.29 is 14.0 Å². The second-order valence-electron chi connectivity index (χ2n) is 5.74. The van der Waals surface area contributed by atoms with Gasteiger partial charge < -0.3 is 15.1 Å². The highest BCUT2D eigenvalue weighted by atomic mass is 16.3. The largest absolute Gasteiger partial charge is 0.464 e. The molecule has 0 saturated heterocycles. The van der Waals surface area contributed by atoms with Crippen LogP contribution in [0.25, 0.3) is 0 Å². The van der Waals surface area contributed by atoms with Crippen LogP contribution in [0.4, 0.5) is 0 Å². The minimum Gasteiger partial charge on any atom is -0.464 e. The Labute approximate surface area is 136 Å². The second-order valence-corrected chi connectivity index (χ2v) is 5.74. The summed E-state index contributed by atoms with van der Waals surface area (Å²) in [6, 6.07) is 10.0. The molecule has 1 heterocycles. The van der Waals surface area contributed by atoms with Crippen molar-refractivity contribution in [3.63, 3.8) is 0 Å². The molecule has 2 rings (SSSR count). The van der Waals surface area contributed by atoms with Gasteiger partial charge in [-0.05, 0) is 52.0 Å². The zero-order valence-corrected chi connectivity index (χ0v) is 13.8. The van der Waals surface area contributed by atoms with Crippen molar-refractivity contribution in [2.24, 2.45) is 0 Å². The van der Waals surface area contributed by atoms with E-state index >= 15 is 0 Å². The molecule has 2 amide bonds. The predicted molar refractivity (Wildman–Crippen MR) is 88.1 cm³/mol. The number of rotatable bonds is 5. The first kappa shape index (κ1) is 16.8. The maximum absolute atomic E-state index is 12.2. The second kappa shape index (κ2) is 7.13. The Hall–Kier alpha value is -2.56. The van der Waals surface area contributed by atoms with E-state index in [1.807, 2.05) is 45.0 Å². The molecule has 0 aliphatic carbocycles. The smallest absolute Gasteiger partial charge is 0.251 e. The predicted octanol–water partition coefficient (Wildman–Crippen LogP) is 2.89. The van der Waals surface area contributed by atoms with Gasteiger partial charge in [-0.3, -0.25) is 9.59 Å².